The van der Waals surface area contributed by atoms with E-state index in [4.69, 9.17) is 30.5 Å². The Balaban J connectivity index is 1.21. The van der Waals surface area contributed by atoms with Gasteiger partial charge in [0.25, 0.3) is 5.91 Å². The molecule has 0 aliphatic carbocycles. The lowest BCUT2D eigenvalue weighted by molar-refractivity contribution is 0.0628. The van der Waals surface area contributed by atoms with Crippen molar-refractivity contribution in [1.82, 2.24) is 9.80 Å². The number of piperazine rings is 1. The molecule has 1 saturated heterocycles. The highest BCUT2D eigenvalue weighted by molar-refractivity contribution is 6.31. The molecule has 0 N–H and O–H groups in total. The number of halogens is 1. The summed E-state index contributed by atoms with van der Waals surface area (Å²) in [5, 5.41) is 0.700. The Kier molecular flexibility index (Phi) is 7.72. The molecule has 2 heterocycles. The summed E-state index contributed by atoms with van der Waals surface area (Å²) < 4.78 is 22.7. The first-order chi connectivity index (χ1) is 18.0. The van der Waals surface area contributed by atoms with Crippen molar-refractivity contribution in [2.75, 3.05) is 39.6 Å². The number of hydrogen-bond donors (Lipinski definition) is 0. The topological polar surface area (TPSA) is 60.5 Å². The van der Waals surface area contributed by atoms with Gasteiger partial charge in [-0.05, 0) is 73.5 Å². The van der Waals surface area contributed by atoms with Gasteiger partial charge in [0.15, 0.2) is 11.5 Å². The zero-order valence-electron chi connectivity index (χ0n) is 21.2. The maximum Gasteiger partial charge on any atom is 0.253 e. The second kappa shape index (κ2) is 11.3. The zero-order chi connectivity index (χ0) is 25.8. The van der Waals surface area contributed by atoms with Crippen LogP contribution in [0.5, 0.6) is 23.0 Å². The molecule has 0 spiro atoms. The highest BCUT2D eigenvalue weighted by Gasteiger charge is 2.24. The fourth-order valence-electron chi connectivity index (χ4n) is 4.58. The fraction of sp³-hybridized carbons (Fsp3) is 0.345. The Morgan fingerprint density at radius 3 is 2.54 bits per heavy atom. The monoisotopic (exact) mass is 522 g/mol. The number of ether oxygens (including phenoxy) is 4. The van der Waals surface area contributed by atoms with E-state index in [1.165, 1.54) is 5.56 Å². The van der Waals surface area contributed by atoms with Gasteiger partial charge in [-0.1, -0.05) is 17.7 Å². The maximum atomic E-state index is 13.4. The van der Waals surface area contributed by atoms with Crippen molar-refractivity contribution >= 4 is 17.5 Å². The van der Waals surface area contributed by atoms with E-state index >= 15 is 0 Å². The number of nitrogens with zero attached hydrogens (tertiary/aromatic N) is 2. The SMILES string of the molecule is CCOc1ccc(C(=O)N2CCN(Cc3ccc4c(c3)OCO4)CC2)cc1COc1ccc(Cl)c(C)c1. The zero-order valence-corrected chi connectivity index (χ0v) is 21.9. The van der Waals surface area contributed by atoms with Crippen LogP contribution in [0.2, 0.25) is 5.02 Å². The third-order valence-electron chi connectivity index (χ3n) is 6.63. The predicted octanol–water partition coefficient (Wildman–Crippen LogP) is 5.31. The van der Waals surface area contributed by atoms with E-state index in [2.05, 4.69) is 11.0 Å². The molecule has 194 valence electrons. The molecule has 2 aliphatic rings. The number of aryl methyl sites for hydroxylation is 1. The molecule has 37 heavy (non-hydrogen) atoms. The smallest absolute Gasteiger partial charge is 0.253 e. The van der Waals surface area contributed by atoms with Gasteiger partial charge in [-0.3, -0.25) is 9.69 Å². The summed E-state index contributed by atoms with van der Waals surface area (Å²) in [7, 11) is 0. The summed E-state index contributed by atoms with van der Waals surface area (Å²) in [4.78, 5) is 17.6. The van der Waals surface area contributed by atoms with Gasteiger partial charge in [0.05, 0.1) is 6.61 Å². The number of carbonyl (C=O) groups excluding carboxylic acids is 1. The molecule has 2 aliphatic heterocycles. The molecule has 0 radical (unpaired) electrons. The minimum Gasteiger partial charge on any atom is -0.493 e. The molecule has 1 amide bonds. The molecule has 0 atom stereocenters. The van der Waals surface area contributed by atoms with Gasteiger partial charge in [-0.15, -0.1) is 0 Å². The summed E-state index contributed by atoms with van der Waals surface area (Å²) >= 11 is 6.13. The normalized spacial score (nSPS) is 15.1. The standard InChI is InChI=1S/C29H31ClN2O5/c1-3-34-26-9-5-22(16-23(26)18-35-24-6-7-25(30)20(2)14-24)29(33)32-12-10-31(11-13-32)17-21-4-8-27-28(15-21)37-19-36-27/h4-9,14-16H,3,10-13,17-19H2,1-2H3. The third-order valence-corrected chi connectivity index (χ3v) is 7.06. The van der Waals surface area contributed by atoms with Gasteiger partial charge in [-0.2, -0.15) is 0 Å². The van der Waals surface area contributed by atoms with Crippen LogP contribution in [-0.4, -0.2) is 55.3 Å². The van der Waals surface area contributed by atoms with E-state index in [9.17, 15) is 4.79 Å². The van der Waals surface area contributed by atoms with Gasteiger partial charge in [-0.25, -0.2) is 0 Å². The van der Waals surface area contributed by atoms with Gasteiger partial charge in [0.2, 0.25) is 6.79 Å². The van der Waals surface area contributed by atoms with Crippen LogP contribution in [0.15, 0.2) is 54.6 Å². The van der Waals surface area contributed by atoms with E-state index in [-0.39, 0.29) is 12.7 Å². The minimum atomic E-state index is 0.0226. The summed E-state index contributed by atoms with van der Waals surface area (Å²) in [5.41, 5.74) is 3.60. The Hall–Kier alpha value is -3.42. The average Bonchev–Trinajstić information content (AvgIpc) is 3.38. The predicted molar refractivity (Wildman–Crippen MR) is 142 cm³/mol. The lowest BCUT2D eigenvalue weighted by Crippen LogP contribution is -2.48. The van der Waals surface area contributed by atoms with Crippen LogP contribution < -0.4 is 18.9 Å². The number of hydrogen-bond acceptors (Lipinski definition) is 6. The summed E-state index contributed by atoms with van der Waals surface area (Å²) in [6.07, 6.45) is 0. The van der Waals surface area contributed by atoms with Crippen LogP contribution in [-0.2, 0) is 13.2 Å². The van der Waals surface area contributed by atoms with E-state index in [0.717, 1.165) is 53.8 Å². The Labute approximate surface area is 222 Å². The Morgan fingerprint density at radius 1 is 0.946 bits per heavy atom. The van der Waals surface area contributed by atoms with Gasteiger partial charge < -0.3 is 23.8 Å². The first-order valence-corrected chi connectivity index (χ1v) is 12.9. The molecule has 0 bridgehead atoms. The van der Waals surface area contributed by atoms with Crippen LogP contribution in [0, 0.1) is 6.92 Å². The van der Waals surface area contributed by atoms with Crippen LogP contribution in [0.3, 0.4) is 0 Å². The first-order valence-electron chi connectivity index (χ1n) is 12.5. The lowest BCUT2D eigenvalue weighted by Gasteiger charge is -2.35. The molecule has 8 heteroatoms. The molecule has 0 aromatic heterocycles. The molecular formula is C29H31ClN2O5. The van der Waals surface area contributed by atoms with Crippen molar-refractivity contribution in [1.29, 1.82) is 0 Å². The van der Waals surface area contributed by atoms with E-state index in [0.29, 0.717) is 36.9 Å². The minimum absolute atomic E-state index is 0.0226. The van der Waals surface area contributed by atoms with E-state index < -0.39 is 0 Å². The van der Waals surface area contributed by atoms with Gasteiger partial charge in [0.1, 0.15) is 18.1 Å². The Morgan fingerprint density at radius 2 is 1.76 bits per heavy atom. The highest BCUT2D eigenvalue weighted by atomic mass is 35.5. The molecule has 0 saturated carbocycles. The second-order valence-corrected chi connectivity index (χ2v) is 9.62. The Bertz CT molecular complexity index is 1270. The molecule has 0 unspecified atom stereocenters. The van der Waals surface area contributed by atoms with Gasteiger partial charge >= 0.3 is 0 Å². The number of amides is 1. The summed E-state index contributed by atoms with van der Waals surface area (Å²) in [6.45, 7) is 8.76. The largest absolute Gasteiger partial charge is 0.493 e. The molecule has 7 nitrogen and oxygen atoms in total. The fourth-order valence-corrected chi connectivity index (χ4v) is 4.70. The summed E-state index contributed by atoms with van der Waals surface area (Å²) in [5.74, 6) is 3.06. The van der Waals surface area contributed by atoms with Crippen LogP contribution in [0.25, 0.3) is 0 Å². The number of carbonyl (C=O) groups is 1. The average molecular weight is 523 g/mol. The van der Waals surface area contributed by atoms with Crippen molar-refractivity contribution in [3.05, 3.63) is 81.9 Å². The van der Waals surface area contributed by atoms with Crippen molar-refractivity contribution < 1.29 is 23.7 Å². The lowest BCUT2D eigenvalue weighted by atomic mass is 10.1. The third kappa shape index (κ3) is 5.95. The molecular weight excluding hydrogens is 492 g/mol. The number of benzene rings is 3. The van der Waals surface area contributed by atoms with Crippen molar-refractivity contribution in [2.24, 2.45) is 0 Å². The van der Waals surface area contributed by atoms with Crippen LogP contribution in [0.1, 0.15) is 34.0 Å². The van der Waals surface area contributed by atoms with Gasteiger partial charge in [0, 0.05) is 48.9 Å². The maximum absolute atomic E-state index is 13.4. The first kappa shape index (κ1) is 25.2. The van der Waals surface area contributed by atoms with Crippen LogP contribution >= 0.6 is 11.6 Å². The highest BCUT2D eigenvalue weighted by Crippen LogP contribution is 2.33. The number of fused-ring (bicyclic) bond motifs is 1. The number of rotatable bonds is 8. The van der Waals surface area contributed by atoms with Crippen molar-refractivity contribution in [3.8, 4) is 23.0 Å². The van der Waals surface area contributed by atoms with E-state index in [1.54, 1.807) is 0 Å². The quantitative estimate of drug-likeness (QED) is 0.399. The molecule has 3 aromatic carbocycles. The van der Waals surface area contributed by atoms with E-state index in [1.807, 2.05) is 67.3 Å². The molecule has 3 aromatic rings. The summed E-state index contributed by atoms with van der Waals surface area (Å²) in [6, 6.07) is 17.2. The molecule has 5 rings (SSSR count). The second-order valence-electron chi connectivity index (χ2n) is 9.21. The van der Waals surface area contributed by atoms with Crippen molar-refractivity contribution in [3.63, 3.8) is 0 Å². The molecule has 1 fully saturated rings. The van der Waals surface area contributed by atoms with Crippen LogP contribution in [0.4, 0.5) is 0 Å². The van der Waals surface area contributed by atoms with Crippen molar-refractivity contribution in [2.45, 2.75) is 27.0 Å².